The fourth-order valence-electron chi connectivity index (χ4n) is 2.13. The van der Waals surface area contributed by atoms with Gasteiger partial charge in [0.05, 0.1) is 11.6 Å². The predicted molar refractivity (Wildman–Crippen MR) is 92.0 cm³/mol. The van der Waals surface area contributed by atoms with Crippen molar-refractivity contribution in [3.05, 3.63) is 63.6 Å². The molecule has 4 heteroatoms. The number of carbonyl (C=O) groups is 1. The zero-order valence-electron chi connectivity index (χ0n) is 12.8. The monoisotopic (exact) mass is 356 g/mol. The molecule has 22 heavy (non-hydrogen) atoms. The Bertz CT molecular complexity index is 754. The second kappa shape index (κ2) is 6.33. The molecule has 0 aliphatic heterocycles. The van der Waals surface area contributed by atoms with Crippen LogP contribution in [0.2, 0.25) is 0 Å². The van der Waals surface area contributed by atoms with Crippen molar-refractivity contribution in [3.8, 4) is 6.07 Å². The summed E-state index contributed by atoms with van der Waals surface area (Å²) in [5.41, 5.74) is 2.86. The SMILES string of the molecule is CC(C)(C)c1ccc(C(=O)Nc2cccc(C#N)c2)cc1Br. The van der Waals surface area contributed by atoms with Crippen molar-refractivity contribution in [2.24, 2.45) is 0 Å². The molecule has 0 aliphatic rings. The number of carbonyl (C=O) groups excluding carboxylic acids is 1. The van der Waals surface area contributed by atoms with Gasteiger partial charge in [-0.25, -0.2) is 0 Å². The van der Waals surface area contributed by atoms with Gasteiger partial charge in [0.15, 0.2) is 0 Å². The van der Waals surface area contributed by atoms with E-state index in [4.69, 9.17) is 5.26 Å². The molecule has 1 N–H and O–H groups in total. The highest BCUT2D eigenvalue weighted by Crippen LogP contribution is 2.30. The van der Waals surface area contributed by atoms with Crippen LogP contribution in [0, 0.1) is 11.3 Å². The maximum absolute atomic E-state index is 12.3. The Kier molecular flexibility index (Phi) is 4.68. The van der Waals surface area contributed by atoms with Crippen LogP contribution in [0.15, 0.2) is 46.9 Å². The molecule has 3 nitrogen and oxygen atoms in total. The van der Waals surface area contributed by atoms with Crippen LogP contribution in [0.25, 0.3) is 0 Å². The molecule has 0 bridgehead atoms. The summed E-state index contributed by atoms with van der Waals surface area (Å²) in [6.45, 7) is 6.38. The normalized spacial score (nSPS) is 10.9. The highest BCUT2D eigenvalue weighted by atomic mass is 79.9. The van der Waals surface area contributed by atoms with Crippen molar-refractivity contribution in [2.45, 2.75) is 26.2 Å². The van der Waals surface area contributed by atoms with Crippen molar-refractivity contribution in [3.63, 3.8) is 0 Å². The van der Waals surface area contributed by atoms with E-state index < -0.39 is 0 Å². The van der Waals surface area contributed by atoms with Gasteiger partial charge < -0.3 is 5.32 Å². The molecule has 2 aromatic carbocycles. The van der Waals surface area contributed by atoms with Gasteiger partial charge in [0, 0.05) is 15.7 Å². The van der Waals surface area contributed by atoms with Gasteiger partial charge in [0.25, 0.3) is 5.91 Å². The highest BCUT2D eigenvalue weighted by molar-refractivity contribution is 9.10. The van der Waals surface area contributed by atoms with Gasteiger partial charge >= 0.3 is 0 Å². The molecule has 0 saturated carbocycles. The first-order chi connectivity index (χ1) is 10.3. The number of halogens is 1. The summed E-state index contributed by atoms with van der Waals surface area (Å²) in [5.74, 6) is -0.198. The Morgan fingerprint density at radius 3 is 2.50 bits per heavy atom. The van der Waals surface area contributed by atoms with E-state index in [1.54, 1.807) is 24.3 Å². The number of hydrogen-bond acceptors (Lipinski definition) is 2. The minimum atomic E-state index is -0.198. The number of anilines is 1. The third kappa shape index (κ3) is 3.75. The van der Waals surface area contributed by atoms with Gasteiger partial charge in [-0.1, -0.05) is 48.8 Å². The fourth-order valence-corrected chi connectivity index (χ4v) is 3.11. The molecule has 0 fully saturated rings. The fraction of sp³-hybridized carbons (Fsp3) is 0.222. The predicted octanol–water partition coefficient (Wildman–Crippen LogP) is 4.87. The Morgan fingerprint density at radius 1 is 1.18 bits per heavy atom. The van der Waals surface area contributed by atoms with Crippen molar-refractivity contribution in [1.29, 1.82) is 5.26 Å². The third-order valence-electron chi connectivity index (χ3n) is 3.29. The van der Waals surface area contributed by atoms with Crippen LogP contribution >= 0.6 is 15.9 Å². The second-order valence-corrected chi connectivity index (χ2v) is 6.95. The first kappa shape index (κ1) is 16.3. The van der Waals surface area contributed by atoms with E-state index in [0.29, 0.717) is 16.8 Å². The van der Waals surface area contributed by atoms with Gasteiger partial charge in [-0.05, 0) is 41.3 Å². The van der Waals surface area contributed by atoms with Crippen LogP contribution in [-0.4, -0.2) is 5.91 Å². The van der Waals surface area contributed by atoms with Crippen LogP contribution < -0.4 is 5.32 Å². The summed E-state index contributed by atoms with van der Waals surface area (Å²) in [6.07, 6.45) is 0. The first-order valence-electron chi connectivity index (χ1n) is 6.93. The average molecular weight is 357 g/mol. The van der Waals surface area contributed by atoms with E-state index in [9.17, 15) is 4.79 Å². The molecule has 0 radical (unpaired) electrons. The molecule has 0 saturated heterocycles. The number of hydrogen-bond donors (Lipinski definition) is 1. The van der Waals surface area contributed by atoms with Crippen LogP contribution in [0.3, 0.4) is 0 Å². The Hall–Kier alpha value is -2.12. The van der Waals surface area contributed by atoms with E-state index in [2.05, 4.69) is 48.1 Å². The number of amides is 1. The Labute approximate surface area is 139 Å². The molecule has 112 valence electrons. The van der Waals surface area contributed by atoms with Crippen molar-refractivity contribution >= 4 is 27.5 Å². The largest absolute Gasteiger partial charge is 0.322 e. The topological polar surface area (TPSA) is 52.9 Å². The molecular formula is C18H17BrN2O. The van der Waals surface area contributed by atoms with Gasteiger partial charge in [-0.15, -0.1) is 0 Å². The lowest BCUT2D eigenvalue weighted by Gasteiger charge is -2.21. The summed E-state index contributed by atoms with van der Waals surface area (Å²) in [6, 6.07) is 14.5. The minimum Gasteiger partial charge on any atom is -0.322 e. The van der Waals surface area contributed by atoms with E-state index in [-0.39, 0.29) is 11.3 Å². The van der Waals surface area contributed by atoms with Crippen molar-refractivity contribution < 1.29 is 4.79 Å². The number of benzene rings is 2. The first-order valence-corrected chi connectivity index (χ1v) is 7.72. The maximum Gasteiger partial charge on any atom is 0.255 e. The van der Waals surface area contributed by atoms with E-state index in [1.165, 1.54) is 0 Å². The lowest BCUT2D eigenvalue weighted by atomic mass is 9.86. The van der Waals surface area contributed by atoms with E-state index in [1.807, 2.05) is 18.2 Å². The molecule has 0 aliphatic carbocycles. The van der Waals surface area contributed by atoms with E-state index >= 15 is 0 Å². The van der Waals surface area contributed by atoms with Crippen molar-refractivity contribution in [2.75, 3.05) is 5.32 Å². The van der Waals surface area contributed by atoms with Gasteiger partial charge in [-0.2, -0.15) is 5.26 Å². The van der Waals surface area contributed by atoms with Gasteiger partial charge in [0.1, 0.15) is 0 Å². The summed E-state index contributed by atoms with van der Waals surface area (Å²) < 4.78 is 0.915. The lowest BCUT2D eigenvalue weighted by molar-refractivity contribution is 0.102. The second-order valence-electron chi connectivity index (χ2n) is 6.09. The summed E-state index contributed by atoms with van der Waals surface area (Å²) in [5, 5.41) is 11.7. The van der Waals surface area contributed by atoms with Gasteiger partial charge in [0.2, 0.25) is 0 Å². The van der Waals surface area contributed by atoms with Crippen LogP contribution in [-0.2, 0) is 5.41 Å². The third-order valence-corrected chi connectivity index (χ3v) is 3.94. The minimum absolute atomic E-state index is 0.00890. The Balaban J connectivity index is 2.23. The standard InChI is InChI=1S/C18H17BrN2O/c1-18(2,3)15-8-7-13(10-16(15)19)17(22)21-14-6-4-5-12(9-14)11-20/h4-10H,1-3H3,(H,21,22). The number of nitriles is 1. The quantitative estimate of drug-likeness (QED) is 0.834. The zero-order valence-corrected chi connectivity index (χ0v) is 14.4. The number of nitrogens with one attached hydrogen (secondary N) is 1. The molecule has 0 spiro atoms. The zero-order chi connectivity index (χ0) is 16.3. The smallest absolute Gasteiger partial charge is 0.255 e. The number of rotatable bonds is 2. The van der Waals surface area contributed by atoms with E-state index in [0.717, 1.165) is 10.0 Å². The highest BCUT2D eigenvalue weighted by Gasteiger charge is 2.18. The maximum atomic E-state index is 12.3. The summed E-state index contributed by atoms with van der Waals surface area (Å²) in [4.78, 5) is 12.3. The molecule has 1 amide bonds. The summed E-state index contributed by atoms with van der Waals surface area (Å²) in [7, 11) is 0. The van der Waals surface area contributed by atoms with Crippen LogP contribution in [0.1, 0.15) is 42.3 Å². The Morgan fingerprint density at radius 2 is 1.91 bits per heavy atom. The summed E-state index contributed by atoms with van der Waals surface area (Å²) >= 11 is 3.54. The van der Waals surface area contributed by atoms with Crippen LogP contribution in [0.5, 0.6) is 0 Å². The molecule has 0 atom stereocenters. The van der Waals surface area contributed by atoms with Crippen LogP contribution in [0.4, 0.5) is 5.69 Å². The molecular weight excluding hydrogens is 340 g/mol. The molecule has 2 aromatic rings. The van der Waals surface area contributed by atoms with Gasteiger partial charge in [-0.3, -0.25) is 4.79 Å². The molecule has 0 heterocycles. The molecule has 0 unspecified atom stereocenters. The number of nitrogens with zero attached hydrogens (tertiary/aromatic N) is 1. The van der Waals surface area contributed by atoms with Crippen molar-refractivity contribution in [1.82, 2.24) is 0 Å². The molecule has 0 aromatic heterocycles. The average Bonchev–Trinajstić information content (AvgIpc) is 2.46. The lowest BCUT2D eigenvalue weighted by Crippen LogP contribution is -2.15. The molecule has 2 rings (SSSR count).